The highest BCUT2D eigenvalue weighted by Crippen LogP contribution is 2.31. The summed E-state index contributed by atoms with van der Waals surface area (Å²) in [7, 11) is 2.01. The van der Waals surface area contributed by atoms with Gasteiger partial charge in [0, 0.05) is 18.5 Å². The molecule has 0 bridgehead atoms. The monoisotopic (exact) mass is 463 g/mol. The summed E-state index contributed by atoms with van der Waals surface area (Å²) in [6, 6.07) is 6.58. The summed E-state index contributed by atoms with van der Waals surface area (Å²) in [4.78, 5) is 10.1. The first kappa shape index (κ1) is 31.0. The number of hydrogen-bond acceptors (Lipinski definition) is 3. The van der Waals surface area contributed by atoms with Crippen LogP contribution in [0.1, 0.15) is 135 Å². The van der Waals surface area contributed by atoms with Gasteiger partial charge >= 0.3 is 0 Å². The van der Waals surface area contributed by atoms with Crippen LogP contribution in [-0.4, -0.2) is 24.8 Å². The summed E-state index contributed by atoms with van der Waals surface area (Å²) in [5.74, 6) is 3.00. The third kappa shape index (κ3) is 15.8. The van der Waals surface area contributed by atoms with Crippen LogP contribution in [0.25, 0.3) is 0 Å². The highest BCUT2D eigenvalue weighted by Gasteiger charge is 2.11. The number of hydrogen-bond donors (Lipinski definition) is 1. The molecule has 0 saturated carbocycles. The van der Waals surface area contributed by atoms with Crippen molar-refractivity contribution in [2.24, 2.45) is 0 Å². The quantitative estimate of drug-likeness (QED) is 0.173. The number of rotatable bonds is 18. The Bertz CT molecular complexity index is 530. The Morgan fingerprint density at radius 1 is 0.781 bits per heavy atom. The predicted molar refractivity (Wildman–Crippen MR) is 149 cm³/mol. The van der Waals surface area contributed by atoms with Crippen LogP contribution >= 0.6 is 11.8 Å². The highest BCUT2D eigenvalue weighted by atomic mass is 32.2. The summed E-state index contributed by atoms with van der Waals surface area (Å²) in [5.41, 5.74) is 4.15. The zero-order chi connectivity index (χ0) is 24.0. The summed E-state index contributed by atoms with van der Waals surface area (Å²) in [5, 5.41) is 3.33. The maximum absolute atomic E-state index is 10.1. The Labute approximate surface area is 205 Å². The van der Waals surface area contributed by atoms with E-state index in [-0.39, 0.29) is 0 Å². The number of carbonyl (C=O) groups is 1. The fourth-order valence-corrected chi connectivity index (χ4v) is 4.69. The molecule has 3 heteroatoms. The zero-order valence-corrected chi connectivity index (χ0v) is 23.0. The van der Waals surface area contributed by atoms with Crippen LogP contribution in [0.15, 0.2) is 18.2 Å². The second-order valence-electron chi connectivity index (χ2n) is 9.50. The molecule has 0 unspecified atom stereocenters. The second-order valence-corrected chi connectivity index (χ2v) is 10.7. The van der Waals surface area contributed by atoms with Crippen LogP contribution in [0.5, 0.6) is 0 Å². The van der Waals surface area contributed by atoms with E-state index in [0.717, 1.165) is 12.0 Å². The molecule has 186 valence electrons. The molecule has 0 aliphatic heterocycles. The lowest BCUT2D eigenvalue weighted by Crippen LogP contribution is -2.03. The maximum Gasteiger partial charge on any atom is 0.129 e. The summed E-state index contributed by atoms with van der Waals surface area (Å²) >= 11 is 1.77. The van der Waals surface area contributed by atoms with Gasteiger partial charge in [-0.05, 0) is 35.1 Å². The highest BCUT2D eigenvalue weighted by molar-refractivity contribution is 7.99. The van der Waals surface area contributed by atoms with Gasteiger partial charge in [0.25, 0.3) is 0 Å². The number of aldehydes is 1. The molecule has 0 fully saturated rings. The second kappa shape index (κ2) is 21.9. The molecule has 1 aromatic rings. The Kier molecular flexibility index (Phi) is 21.2. The number of para-hydroxylation sites is 1. The van der Waals surface area contributed by atoms with Gasteiger partial charge in [-0.3, -0.25) is 0 Å². The lowest BCUT2D eigenvalue weighted by Gasteiger charge is -2.18. The molecular formula is C29H53NOS. The molecule has 0 heterocycles. The van der Waals surface area contributed by atoms with Crippen molar-refractivity contribution >= 4 is 23.7 Å². The van der Waals surface area contributed by atoms with Crippen molar-refractivity contribution in [3.63, 3.8) is 0 Å². The molecule has 32 heavy (non-hydrogen) atoms. The van der Waals surface area contributed by atoms with Crippen LogP contribution in [-0.2, 0) is 4.79 Å². The van der Waals surface area contributed by atoms with Crippen LogP contribution in [0.4, 0.5) is 5.69 Å². The average Bonchev–Trinajstić information content (AvgIpc) is 2.79. The first-order valence-corrected chi connectivity index (χ1v) is 14.5. The van der Waals surface area contributed by atoms with Gasteiger partial charge in [-0.2, -0.15) is 11.8 Å². The molecule has 2 nitrogen and oxygen atoms in total. The van der Waals surface area contributed by atoms with Crippen molar-refractivity contribution in [1.82, 2.24) is 0 Å². The van der Waals surface area contributed by atoms with Gasteiger partial charge in [-0.1, -0.05) is 123 Å². The third-order valence-corrected chi connectivity index (χ3v) is 6.90. The van der Waals surface area contributed by atoms with E-state index in [0.29, 0.717) is 17.6 Å². The topological polar surface area (TPSA) is 29.1 Å². The van der Waals surface area contributed by atoms with Crippen molar-refractivity contribution in [2.75, 3.05) is 23.9 Å². The first-order valence-electron chi connectivity index (χ1n) is 13.3. The normalized spacial score (nSPS) is 10.9. The Balaban J connectivity index is 0.000000618. The van der Waals surface area contributed by atoms with E-state index in [1.165, 1.54) is 93.9 Å². The van der Waals surface area contributed by atoms with Crippen molar-refractivity contribution in [3.05, 3.63) is 29.3 Å². The number of carbonyl (C=O) groups excluding carboxylic acids is 1. The smallest absolute Gasteiger partial charge is 0.129 e. The van der Waals surface area contributed by atoms with E-state index >= 15 is 0 Å². The zero-order valence-electron chi connectivity index (χ0n) is 22.2. The van der Waals surface area contributed by atoms with Gasteiger partial charge in [-0.25, -0.2) is 0 Å². The molecule has 0 atom stereocenters. The molecule has 0 aromatic heterocycles. The molecule has 0 amide bonds. The van der Waals surface area contributed by atoms with Crippen LogP contribution in [0, 0.1) is 0 Å². The molecule has 0 spiro atoms. The molecule has 1 aromatic carbocycles. The summed E-state index contributed by atoms with van der Waals surface area (Å²) in [6.45, 7) is 11.2. The van der Waals surface area contributed by atoms with Crippen molar-refractivity contribution in [1.29, 1.82) is 0 Å². The number of nitrogens with one attached hydrogen (secondary N) is 1. The lowest BCUT2D eigenvalue weighted by molar-refractivity contribution is -0.105. The third-order valence-electron chi connectivity index (χ3n) is 5.95. The largest absolute Gasteiger partial charge is 0.388 e. The number of thioether (sulfide) groups is 1. The summed E-state index contributed by atoms with van der Waals surface area (Å²) in [6.07, 6.45) is 17.8. The van der Waals surface area contributed by atoms with Crippen molar-refractivity contribution in [2.45, 2.75) is 124 Å². The minimum Gasteiger partial charge on any atom is -0.388 e. The van der Waals surface area contributed by atoms with Gasteiger partial charge in [-0.15, -0.1) is 0 Å². The van der Waals surface area contributed by atoms with Crippen LogP contribution in [0.3, 0.4) is 0 Å². The SMILES string of the molecule is CCCCCCCCCCCCCCSCC=O.CNc1c(C(C)C)cccc1C(C)C. The van der Waals surface area contributed by atoms with Gasteiger partial charge < -0.3 is 10.1 Å². The lowest BCUT2D eigenvalue weighted by atomic mass is 9.93. The average molecular weight is 464 g/mol. The molecular weight excluding hydrogens is 410 g/mol. The predicted octanol–water partition coefficient (Wildman–Crippen LogP) is 9.59. The van der Waals surface area contributed by atoms with E-state index in [2.05, 4.69) is 58.1 Å². The van der Waals surface area contributed by atoms with Gasteiger partial charge in [0.05, 0.1) is 0 Å². The number of benzene rings is 1. The molecule has 0 aliphatic rings. The van der Waals surface area contributed by atoms with Gasteiger partial charge in [0.15, 0.2) is 0 Å². The molecule has 0 aliphatic carbocycles. The molecule has 1 N–H and O–H groups in total. The van der Waals surface area contributed by atoms with Crippen LogP contribution < -0.4 is 5.32 Å². The van der Waals surface area contributed by atoms with E-state index < -0.39 is 0 Å². The van der Waals surface area contributed by atoms with E-state index in [1.807, 2.05) is 7.05 Å². The molecule has 0 saturated heterocycles. The summed E-state index contributed by atoms with van der Waals surface area (Å²) < 4.78 is 0. The van der Waals surface area contributed by atoms with Crippen molar-refractivity contribution in [3.8, 4) is 0 Å². The molecule has 0 radical (unpaired) electrons. The van der Waals surface area contributed by atoms with Crippen molar-refractivity contribution < 1.29 is 4.79 Å². The van der Waals surface area contributed by atoms with E-state index in [9.17, 15) is 4.79 Å². The fraction of sp³-hybridized carbons (Fsp3) is 0.759. The van der Waals surface area contributed by atoms with E-state index in [4.69, 9.17) is 0 Å². The number of anilines is 1. The maximum atomic E-state index is 10.1. The molecule has 1 rings (SSSR count). The standard InChI is InChI=1S/C16H32OS.C13H21N/c1-2-3-4-5-6-7-8-9-10-11-12-13-15-18-16-14-17;1-9(2)11-7-6-8-12(10(3)4)13(11)14-5/h14H,2-13,15-16H2,1H3;6-10,14H,1-5H3. The Morgan fingerprint density at radius 2 is 1.22 bits per heavy atom. The minimum atomic E-state index is 0.580. The Hall–Kier alpha value is -0.960. The minimum absolute atomic E-state index is 0.580. The fourth-order valence-electron chi connectivity index (χ4n) is 4.02. The van der Waals surface area contributed by atoms with Gasteiger partial charge in [0.1, 0.15) is 6.29 Å². The first-order chi connectivity index (χ1) is 15.5. The van der Waals surface area contributed by atoms with Gasteiger partial charge in [0.2, 0.25) is 0 Å². The van der Waals surface area contributed by atoms with E-state index in [1.54, 1.807) is 11.8 Å². The Morgan fingerprint density at radius 3 is 1.59 bits per heavy atom. The van der Waals surface area contributed by atoms with Crippen LogP contribution in [0.2, 0.25) is 0 Å². The number of unbranched alkanes of at least 4 members (excludes halogenated alkanes) is 11.